The molecule has 0 bridgehead atoms. The predicted octanol–water partition coefficient (Wildman–Crippen LogP) is 4.27. The molecule has 0 heterocycles. The van der Waals surface area contributed by atoms with Crippen LogP contribution in [0.25, 0.3) is 0 Å². The Morgan fingerprint density at radius 2 is 1.70 bits per heavy atom. The Hall–Kier alpha value is -1.88. The van der Waals surface area contributed by atoms with Crippen molar-refractivity contribution in [2.45, 2.75) is 32.8 Å². The van der Waals surface area contributed by atoms with Gasteiger partial charge in [0.05, 0.1) is 12.0 Å². The standard InChI is InChI=1S/C22H29NO3.ClH/c1-17(2)22(25)26-20-13-11-18(12-14-20)8-7-15-23(3)16-21(24)19-9-5-4-6-10-19;/h4-6,9-14,17,21,24H,7-8,15-16H2,1-3H3;1H/t21-;/m1./s1. The lowest BCUT2D eigenvalue weighted by Crippen LogP contribution is -2.26. The highest BCUT2D eigenvalue weighted by Crippen LogP contribution is 2.16. The van der Waals surface area contributed by atoms with Crippen LogP contribution in [0.3, 0.4) is 0 Å². The number of aliphatic hydroxyl groups is 1. The molecule has 0 saturated carbocycles. The predicted molar refractivity (Wildman–Crippen MR) is 111 cm³/mol. The first-order chi connectivity index (χ1) is 12.5. The molecule has 2 aromatic rings. The number of esters is 1. The lowest BCUT2D eigenvalue weighted by Gasteiger charge is -2.20. The van der Waals surface area contributed by atoms with E-state index in [1.807, 2.05) is 75.5 Å². The Balaban J connectivity index is 0.00000364. The molecule has 4 nitrogen and oxygen atoms in total. The summed E-state index contributed by atoms with van der Waals surface area (Å²) in [6.45, 7) is 5.17. The second kappa shape index (κ2) is 11.8. The van der Waals surface area contributed by atoms with E-state index in [2.05, 4.69) is 4.90 Å². The molecule has 2 rings (SSSR count). The highest BCUT2D eigenvalue weighted by Gasteiger charge is 2.11. The van der Waals surface area contributed by atoms with E-state index in [0.717, 1.165) is 24.9 Å². The monoisotopic (exact) mass is 391 g/mol. The number of halogens is 1. The van der Waals surface area contributed by atoms with E-state index in [1.54, 1.807) is 0 Å². The van der Waals surface area contributed by atoms with Gasteiger partial charge in [0.25, 0.3) is 0 Å². The Bertz CT molecular complexity index is 674. The molecule has 0 amide bonds. The molecule has 2 aromatic carbocycles. The van der Waals surface area contributed by atoms with E-state index in [1.165, 1.54) is 5.56 Å². The summed E-state index contributed by atoms with van der Waals surface area (Å²) in [5.41, 5.74) is 2.16. The highest BCUT2D eigenvalue weighted by molar-refractivity contribution is 5.85. The maximum atomic E-state index is 11.6. The van der Waals surface area contributed by atoms with Crippen LogP contribution in [0, 0.1) is 5.92 Å². The number of hydrogen-bond donors (Lipinski definition) is 1. The number of rotatable bonds is 9. The van der Waals surface area contributed by atoms with Gasteiger partial charge in [-0.1, -0.05) is 56.3 Å². The summed E-state index contributed by atoms with van der Waals surface area (Å²) in [6.07, 6.45) is 1.49. The molecule has 1 atom stereocenters. The number of hydrogen-bond acceptors (Lipinski definition) is 4. The molecule has 5 heteroatoms. The summed E-state index contributed by atoms with van der Waals surface area (Å²) in [6, 6.07) is 17.4. The fourth-order valence-corrected chi connectivity index (χ4v) is 2.68. The molecule has 0 aliphatic carbocycles. The van der Waals surface area contributed by atoms with E-state index in [9.17, 15) is 9.90 Å². The molecule has 0 aliphatic heterocycles. The minimum absolute atomic E-state index is 0. The second-order valence-corrected chi connectivity index (χ2v) is 7.01. The van der Waals surface area contributed by atoms with Crippen molar-refractivity contribution in [3.63, 3.8) is 0 Å². The summed E-state index contributed by atoms with van der Waals surface area (Å²) in [5.74, 6) is 0.253. The van der Waals surface area contributed by atoms with Crippen LogP contribution < -0.4 is 4.74 Å². The zero-order valence-electron chi connectivity index (χ0n) is 16.3. The molecule has 0 spiro atoms. The van der Waals surface area contributed by atoms with Gasteiger partial charge in [-0.15, -0.1) is 12.4 Å². The van der Waals surface area contributed by atoms with E-state index < -0.39 is 6.10 Å². The number of ether oxygens (including phenoxy) is 1. The van der Waals surface area contributed by atoms with Crippen molar-refractivity contribution in [1.82, 2.24) is 4.90 Å². The van der Waals surface area contributed by atoms with Gasteiger partial charge in [-0.25, -0.2) is 0 Å². The molecule has 0 aliphatic rings. The van der Waals surface area contributed by atoms with Gasteiger partial charge in [0.1, 0.15) is 5.75 Å². The molecule has 0 unspecified atom stereocenters. The first-order valence-corrected chi connectivity index (χ1v) is 9.18. The summed E-state index contributed by atoms with van der Waals surface area (Å²) >= 11 is 0. The maximum absolute atomic E-state index is 11.6. The topological polar surface area (TPSA) is 49.8 Å². The van der Waals surface area contributed by atoms with Crippen molar-refractivity contribution in [3.8, 4) is 5.75 Å². The fourth-order valence-electron chi connectivity index (χ4n) is 2.68. The number of aliphatic hydroxyl groups excluding tert-OH is 1. The van der Waals surface area contributed by atoms with E-state index in [0.29, 0.717) is 12.3 Å². The number of likely N-dealkylation sites (N-methyl/N-ethyl adjacent to an activating group) is 1. The largest absolute Gasteiger partial charge is 0.426 e. The van der Waals surface area contributed by atoms with Gasteiger partial charge in [-0.3, -0.25) is 4.79 Å². The van der Waals surface area contributed by atoms with E-state index in [-0.39, 0.29) is 24.3 Å². The van der Waals surface area contributed by atoms with Gasteiger partial charge in [-0.2, -0.15) is 0 Å². The number of benzene rings is 2. The average molecular weight is 392 g/mol. The smallest absolute Gasteiger partial charge is 0.313 e. The Morgan fingerprint density at radius 3 is 2.30 bits per heavy atom. The quantitative estimate of drug-likeness (QED) is 0.512. The van der Waals surface area contributed by atoms with Gasteiger partial charge in [-0.05, 0) is 49.7 Å². The number of nitrogens with zero attached hydrogens (tertiary/aromatic N) is 1. The van der Waals surface area contributed by atoms with Crippen LogP contribution in [0.2, 0.25) is 0 Å². The molecule has 0 radical (unpaired) electrons. The highest BCUT2D eigenvalue weighted by atomic mass is 35.5. The first kappa shape index (κ1) is 23.2. The molecular weight excluding hydrogens is 362 g/mol. The van der Waals surface area contributed by atoms with Crippen molar-refractivity contribution in [1.29, 1.82) is 0 Å². The zero-order chi connectivity index (χ0) is 18.9. The van der Waals surface area contributed by atoms with Gasteiger partial charge in [0.15, 0.2) is 0 Å². The van der Waals surface area contributed by atoms with Crippen molar-refractivity contribution >= 4 is 18.4 Å². The number of carbonyl (C=O) groups excluding carboxylic acids is 1. The Kier molecular flexibility index (Phi) is 10.1. The Labute approximate surface area is 168 Å². The molecule has 0 saturated heterocycles. The number of aryl methyl sites for hydroxylation is 1. The summed E-state index contributed by atoms with van der Waals surface area (Å²) in [4.78, 5) is 13.7. The van der Waals surface area contributed by atoms with Crippen LogP contribution in [0.5, 0.6) is 5.75 Å². The van der Waals surface area contributed by atoms with E-state index >= 15 is 0 Å². The van der Waals surface area contributed by atoms with Crippen molar-refractivity contribution < 1.29 is 14.6 Å². The summed E-state index contributed by atoms with van der Waals surface area (Å²) < 4.78 is 5.28. The molecule has 0 aromatic heterocycles. The van der Waals surface area contributed by atoms with Gasteiger partial charge < -0.3 is 14.7 Å². The van der Waals surface area contributed by atoms with Gasteiger partial charge >= 0.3 is 5.97 Å². The van der Waals surface area contributed by atoms with Gasteiger partial charge in [0, 0.05) is 6.54 Å². The van der Waals surface area contributed by atoms with Crippen LogP contribution in [0.4, 0.5) is 0 Å². The summed E-state index contributed by atoms with van der Waals surface area (Å²) in [7, 11) is 2.03. The fraction of sp³-hybridized carbons (Fsp3) is 0.409. The average Bonchev–Trinajstić information content (AvgIpc) is 2.63. The third-order valence-electron chi connectivity index (χ3n) is 4.29. The van der Waals surface area contributed by atoms with Crippen molar-refractivity contribution in [2.24, 2.45) is 5.92 Å². The van der Waals surface area contributed by atoms with Crippen LogP contribution in [0.1, 0.15) is 37.5 Å². The minimum atomic E-state index is -0.462. The summed E-state index contributed by atoms with van der Waals surface area (Å²) in [5, 5.41) is 10.3. The lowest BCUT2D eigenvalue weighted by molar-refractivity contribution is -0.137. The molecule has 27 heavy (non-hydrogen) atoms. The van der Waals surface area contributed by atoms with E-state index in [4.69, 9.17) is 4.74 Å². The van der Waals surface area contributed by atoms with Crippen molar-refractivity contribution in [3.05, 3.63) is 65.7 Å². The minimum Gasteiger partial charge on any atom is -0.426 e. The first-order valence-electron chi connectivity index (χ1n) is 9.18. The third kappa shape index (κ3) is 8.12. The molecule has 1 N–H and O–H groups in total. The van der Waals surface area contributed by atoms with Gasteiger partial charge in [0.2, 0.25) is 0 Å². The lowest BCUT2D eigenvalue weighted by atomic mass is 10.1. The van der Waals surface area contributed by atoms with Crippen molar-refractivity contribution in [2.75, 3.05) is 20.1 Å². The zero-order valence-corrected chi connectivity index (χ0v) is 17.1. The maximum Gasteiger partial charge on any atom is 0.313 e. The molecular formula is C22H30ClNO3. The van der Waals surface area contributed by atoms with Crippen LogP contribution >= 0.6 is 12.4 Å². The van der Waals surface area contributed by atoms with Crippen LogP contribution in [-0.2, 0) is 11.2 Å². The molecule has 148 valence electrons. The third-order valence-corrected chi connectivity index (χ3v) is 4.29. The normalized spacial score (nSPS) is 11.9. The SMILES string of the molecule is CC(C)C(=O)Oc1ccc(CCCN(C)C[C@@H](O)c2ccccc2)cc1.Cl. The number of carbonyl (C=O) groups is 1. The Morgan fingerprint density at radius 1 is 1.07 bits per heavy atom. The van der Waals surface area contributed by atoms with Crippen LogP contribution in [0.15, 0.2) is 54.6 Å². The van der Waals surface area contributed by atoms with Crippen LogP contribution in [-0.4, -0.2) is 36.1 Å². The molecule has 0 fully saturated rings. The second-order valence-electron chi connectivity index (χ2n) is 7.01.